The van der Waals surface area contributed by atoms with E-state index in [1.54, 1.807) is 0 Å². The summed E-state index contributed by atoms with van der Waals surface area (Å²) in [7, 11) is 0. The molecule has 0 fully saturated rings. The third-order valence-electron chi connectivity index (χ3n) is 4.19. The highest BCUT2D eigenvalue weighted by Crippen LogP contribution is 2.22. The van der Waals surface area contributed by atoms with Crippen LogP contribution in [0.4, 0.5) is 0 Å². The molecular formula is C19H22N2O. The van der Waals surface area contributed by atoms with E-state index >= 15 is 0 Å². The van der Waals surface area contributed by atoms with Gasteiger partial charge in [-0.15, -0.1) is 0 Å². The average molecular weight is 294 g/mol. The third-order valence-corrected chi connectivity index (χ3v) is 4.19. The summed E-state index contributed by atoms with van der Waals surface area (Å²) in [4.78, 5) is 2.02. The largest absolute Gasteiger partial charge is 0.466 e. The summed E-state index contributed by atoms with van der Waals surface area (Å²) in [5.74, 6) is 0. The monoisotopic (exact) mass is 294 g/mol. The number of hydrogen-bond acceptors (Lipinski definition) is 2. The summed E-state index contributed by atoms with van der Waals surface area (Å²) in [6, 6.07) is 17.3. The smallest absolute Gasteiger partial charge is 0.284 e. The minimum Gasteiger partial charge on any atom is -0.466 e. The minimum absolute atomic E-state index is 0.258. The van der Waals surface area contributed by atoms with Crippen molar-refractivity contribution in [1.82, 2.24) is 4.90 Å². The fourth-order valence-electron chi connectivity index (χ4n) is 3.02. The van der Waals surface area contributed by atoms with E-state index in [1.165, 1.54) is 22.3 Å². The van der Waals surface area contributed by atoms with Crippen LogP contribution >= 0.6 is 0 Å². The van der Waals surface area contributed by atoms with Gasteiger partial charge in [0.2, 0.25) is 0 Å². The Kier molecular flexibility index (Phi) is 4.42. The number of benzene rings is 2. The van der Waals surface area contributed by atoms with Crippen molar-refractivity contribution in [2.45, 2.75) is 32.9 Å². The molecule has 1 heterocycles. The summed E-state index contributed by atoms with van der Waals surface area (Å²) in [5.41, 5.74) is 5.32. The molecule has 1 aliphatic rings. The fourth-order valence-corrected chi connectivity index (χ4v) is 3.02. The standard InChI is InChI=1S/C19H22N2O/c1-2-22-19(20)21-13-17-9-5-3-7-15(17)11-12-16-8-4-6-10-18(16)14-21/h3-10,20H,2,11-14H2,1H3. The number of aryl methyl sites for hydroxylation is 2. The highest BCUT2D eigenvalue weighted by atomic mass is 16.5. The maximum absolute atomic E-state index is 8.21. The zero-order chi connectivity index (χ0) is 15.4. The fraction of sp³-hybridized carbons (Fsp3) is 0.316. The van der Waals surface area contributed by atoms with Crippen LogP contribution in [0.5, 0.6) is 0 Å². The zero-order valence-electron chi connectivity index (χ0n) is 13.0. The first kappa shape index (κ1) is 14.6. The average Bonchev–Trinajstić information content (AvgIpc) is 2.62. The molecule has 0 saturated heterocycles. The number of fused-ring (bicyclic) bond motifs is 2. The topological polar surface area (TPSA) is 36.3 Å². The van der Waals surface area contributed by atoms with Crippen molar-refractivity contribution in [2.75, 3.05) is 6.61 Å². The predicted molar refractivity (Wildman–Crippen MR) is 88.9 cm³/mol. The van der Waals surface area contributed by atoms with Crippen LogP contribution < -0.4 is 0 Å². The van der Waals surface area contributed by atoms with Gasteiger partial charge in [-0.3, -0.25) is 5.41 Å². The molecule has 0 spiro atoms. The lowest BCUT2D eigenvalue weighted by Crippen LogP contribution is -2.31. The number of nitrogens with one attached hydrogen (secondary N) is 1. The second-order valence-corrected chi connectivity index (χ2v) is 5.63. The molecule has 3 nitrogen and oxygen atoms in total. The van der Waals surface area contributed by atoms with Crippen molar-refractivity contribution in [3.63, 3.8) is 0 Å². The number of ether oxygens (including phenoxy) is 1. The first-order valence-corrected chi connectivity index (χ1v) is 7.87. The van der Waals surface area contributed by atoms with Crippen LogP contribution in [0, 0.1) is 5.41 Å². The summed E-state index contributed by atoms with van der Waals surface area (Å²) in [6.45, 7) is 3.90. The van der Waals surface area contributed by atoms with Gasteiger partial charge in [0.05, 0.1) is 6.61 Å². The van der Waals surface area contributed by atoms with Gasteiger partial charge in [0.25, 0.3) is 6.02 Å². The first-order valence-electron chi connectivity index (χ1n) is 7.87. The molecule has 0 aromatic heterocycles. The van der Waals surface area contributed by atoms with E-state index in [0.717, 1.165) is 25.9 Å². The highest BCUT2D eigenvalue weighted by molar-refractivity contribution is 5.70. The normalized spacial score (nSPS) is 14.1. The summed E-state index contributed by atoms with van der Waals surface area (Å²) >= 11 is 0. The maximum Gasteiger partial charge on any atom is 0.284 e. The molecular weight excluding hydrogens is 272 g/mol. The number of nitrogens with zero attached hydrogens (tertiary/aromatic N) is 1. The molecule has 3 rings (SSSR count). The van der Waals surface area contributed by atoms with Crippen LogP contribution in [0.3, 0.4) is 0 Å². The van der Waals surface area contributed by atoms with Crippen molar-refractivity contribution in [2.24, 2.45) is 0 Å². The Balaban J connectivity index is 1.98. The Labute approximate surface area is 132 Å². The molecule has 0 aliphatic carbocycles. The molecule has 0 saturated carbocycles. The van der Waals surface area contributed by atoms with Gasteiger partial charge < -0.3 is 9.64 Å². The van der Waals surface area contributed by atoms with Crippen molar-refractivity contribution in [3.05, 3.63) is 70.8 Å². The molecule has 0 amide bonds. The molecule has 2 aromatic rings. The van der Waals surface area contributed by atoms with E-state index in [9.17, 15) is 0 Å². The molecule has 1 aliphatic heterocycles. The Morgan fingerprint density at radius 3 is 1.82 bits per heavy atom. The molecule has 2 aromatic carbocycles. The van der Waals surface area contributed by atoms with E-state index < -0.39 is 0 Å². The van der Waals surface area contributed by atoms with E-state index in [2.05, 4.69) is 48.5 Å². The van der Waals surface area contributed by atoms with Gasteiger partial charge in [0.15, 0.2) is 0 Å². The second-order valence-electron chi connectivity index (χ2n) is 5.63. The minimum atomic E-state index is 0.258. The molecule has 22 heavy (non-hydrogen) atoms. The molecule has 3 heteroatoms. The number of rotatable bonds is 1. The molecule has 1 N–H and O–H groups in total. The van der Waals surface area contributed by atoms with Gasteiger partial charge in [-0.2, -0.15) is 0 Å². The molecule has 0 bridgehead atoms. The van der Waals surface area contributed by atoms with Crippen LogP contribution in [0.2, 0.25) is 0 Å². The quantitative estimate of drug-likeness (QED) is 0.642. The van der Waals surface area contributed by atoms with E-state index in [1.807, 2.05) is 11.8 Å². The zero-order valence-corrected chi connectivity index (χ0v) is 13.0. The predicted octanol–water partition coefficient (Wildman–Crippen LogP) is 3.76. The molecule has 0 atom stereocenters. The number of amidine groups is 1. The van der Waals surface area contributed by atoms with E-state index in [0.29, 0.717) is 6.61 Å². The van der Waals surface area contributed by atoms with Crippen LogP contribution in [0.1, 0.15) is 29.2 Å². The van der Waals surface area contributed by atoms with Crippen molar-refractivity contribution < 1.29 is 4.74 Å². The summed E-state index contributed by atoms with van der Waals surface area (Å²) in [5, 5.41) is 8.21. The maximum atomic E-state index is 8.21. The Hall–Kier alpha value is -2.29. The highest BCUT2D eigenvalue weighted by Gasteiger charge is 2.18. The summed E-state index contributed by atoms with van der Waals surface area (Å²) < 4.78 is 5.46. The third kappa shape index (κ3) is 3.14. The lowest BCUT2D eigenvalue weighted by atomic mass is 9.98. The van der Waals surface area contributed by atoms with Gasteiger partial charge in [0, 0.05) is 13.1 Å². The number of hydrogen-bond donors (Lipinski definition) is 1. The molecule has 114 valence electrons. The Morgan fingerprint density at radius 2 is 1.36 bits per heavy atom. The Morgan fingerprint density at radius 1 is 0.909 bits per heavy atom. The van der Waals surface area contributed by atoms with E-state index in [4.69, 9.17) is 10.1 Å². The van der Waals surface area contributed by atoms with Crippen LogP contribution in [0.15, 0.2) is 48.5 Å². The molecule has 0 unspecified atom stereocenters. The van der Waals surface area contributed by atoms with Crippen LogP contribution in [-0.2, 0) is 30.7 Å². The van der Waals surface area contributed by atoms with Gasteiger partial charge in [0.1, 0.15) is 0 Å². The first-order chi connectivity index (χ1) is 10.8. The van der Waals surface area contributed by atoms with E-state index in [-0.39, 0.29) is 6.02 Å². The van der Waals surface area contributed by atoms with Crippen molar-refractivity contribution >= 4 is 6.02 Å². The molecule has 0 radical (unpaired) electrons. The lowest BCUT2D eigenvalue weighted by Gasteiger charge is -2.25. The van der Waals surface area contributed by atoms with Crippen molar-refractivity contribution in [3.8, 4) is 0 Å². The van der Waals surface area contributed by atoms with Gasteiger partial charge >= 0.3 is 0 Å². The van der Waals surface area contributed by atoms with Gasteiger partial charge in [-0.05, 0) is 42.0 Å². The Bertz CT molecular complexity index is 616. The van der Waals surface area contributed by atoms with Crippen LogP contribution in [0.25, 0.3) is 0 Å². The van der Waals surface area contributed by atoms with Gasteiger partial charge in [-0.25, -0.2) is 0 Å². The van der Waals surface area contributed by atoms with Crippen LogP contribution in [-0.4, -0.2) is 17.5 Å². The summed E-state index contributed by atoms with van der Waals surface area (Å²) in [6.07, 6.45) is 2.09. The van der Waals surface area contributed by atoms with Crippen molar-refractivity contribution in [1.29, 1.82) is 5.41 Å². The van der Waals surface area contributed by atoms with Gasteiger partial charge in [-0.1, -0.05) is 48.5 Å². The SMILES string of the molecule is CCOC(=N)N1Cc2ccccc2CCc2ccccc2C1. The lowest BCUT2D eigenvalue weighted by molar-refractivity contribution is 0.230. The second kappa shape index (κ2) is 6.65.